The molecule has 5 heteroatoms. The van der Waals surface area contributed by atoms with E-state index in [1.807, 2.05) is 18.2 Å². The van der Waals surface area contributed by atoms with Crippen molar-refractivity contribution in [3.63, 3.8) is 0 Å². The molecule has 0 aliphatic heterocycles. The normalized spacial score (nSPS) is 10.8. The zero-order valence-corrected chi connectivity index (χ0v) is 12.4. The zero-order chi connectivity index (χ0) is 14.8. The van der Waals surface area contributed by atoms with Gasteiger partial charge >= 0.3 is 0 Å². The fourth-order valence-corrected chi connectivity index (χ4v) is 2.56. The molecule has 0 aliphatic rings. The first-order chi connectivity index (χ1) is 10.1. The Morgan fingerprint density at radius 2 is 1.95 bits per heavy atom. The smallest absolute Gasteiger partial charge is 0.128 e. The SMILES string of the molecule is Fc1ccc(Cl)cc1CNc1ccc(Cl)c2cccnc12. The van der Waals surface area contributed by atoms with Crippen molar-refractivity contribution in [2.45, 2.75) is 6.54 Å². The van der Waals surface area contributed by atoms with Crippen LogP contribution in [-0.2, 0) is 6.54 Å². The van der Waals surface area contributed by atoms with Gasteiger partial charge in [-0.3, -0.25) is 4.98 Å². The fraction of sp³-hybridized carbons (Fsp3) is 0.0625. The molecule has 1 aromatic heterocycles. The summed E-state index contributed by atoms with van der Waals surface area (Å²) < 4.78 is 13.7. The average molecular weight is 321 g/mol. The van der Waals surface area contributed by atoms with Crippen LogP contribution in [0.4, 0.5) is 10.1 Å². The van der Waals surface area contributed by atoms with Crippen LogP contribution in [0.5, 0.6) is 0 Å². The molecular formula is C16H11Cl2FN2. The van der Waals surface area contributed by atoms with Gasteiger partial charge in [0.1, 0.15) is 5.82 Å². The number of hydrogen-bond donors (Lipinski definition) is 1. The van der Waals surface area contributed by atoms with Crippen LogP contribution in [0.25, 0.3) is 10.9 Å². The maximum atomic E-state index is 13.7. The molecule has 3 rings (SSSR count). The van der Waals surface area contributed by atoms with E-state index in [9.17, 15) is 4.39 Å². The minimum Gasteiger partial charge on any atom is -0.379 e. The van der Waals surface area contributed by atoms with Crippen LogP contribution in [0.15, 0.2) is 48.7 Å². The van der Waals surface area contributed by atoms with Crippen LogP contribution in [0.1, 0.15) is 5.56 Å². The van der Waals surface area contributed by atoms with Crippen molar-refractivity contribution in [3.8, 4) is 0 Å². The van der Waals surface area contributed by atoms with Crippen molar-refractivity contribution in [2.75, 3.05) is 5.32 Å². The quantitative estimate of drug-likeness (QED) is 0.709. The number of aromatic nitrogens is 1. The Hall–Kier alpha value is -1.84. The van der Waals surface area contributed by atoms with E-state index in [1.165, 1.54) is 12.1 Å². The van der Waals surface area contributed by atoms with Crippen molar-refractivity contribution in [2.24, 2.45) is 0 Å². The van der Waals surface area contributed by atoms with E-state index in [2.05, 4.69) is 10.3 Å². The van der Waals surface area contributed by atoms with Crippen molar-refractivity contribution < 1.29 is 4.39 Å². The zero-order valence-electron chi connectivity index (χ0n) is 10.9. The summed E-state index contributed by atoms with van der Waals surface area (Å²) in [6.07, 6.45) is 1.70. The summed E-state index contributed by atoms with van der Waals surface area (Å²) in [6, 6.07) is 11.8. The summed E-state index contributed by atoms with van der Waals surface area (Å²) in [7, 11) is 0. The molecule has 0 radical (unpaired) electrons. The Kier molecular flexibility index (Phi) is 3.95. The van der Waals surface area contributed by atoms with Gasteiger partial charge in [0, 0.05) is 28.7 Å². The first-order valence-corrected chi connectivity index (χ1v) is 7.12. The first kappa shape index (κ1) is 14.1. The van der Waals surface area contributed by atoms with Crippen LogP contribution in [-0.4, -0.2) is 4.98 Å². The molecule has 0 amide bonds. The van der Waals surface area contributed by atoms with E-state index in [0.717, 1.165) is 16.6 Å². The van der Waals surface area contributed by atoms with Crippen LogP contribution in [0.2, 0.25) is 10.0 Å². The van der Waals surface area contributed by atoms with Crippen LogP contribution < -0.4 is 5.32 Å². The monoisotopic (exact) mass is 320 g/mol. The van der Waals surface area contributed by atoms with Gasteiger partial charge < -0.3 is 5.32 Å². The molecule has 0 aliphatic carbocycles. The summed E-state index contributed by atoms with van der Waals surface area (Å²) in [4.78, 5) is 4.33. The van der Waals surface area contributed by atoms with Gasteiger partial charge in [-0.05, 0) is 42.5 Å². The molecule has 0 saturated heterocycles. The van der Waals surface area contributed by atoms with Gasteiger partial charge in [0.05, 0.1) is 16.2 Å². The molecule has 106 valence electrons. The lowest BCUT2D eigenvalue weighted by Gasteiger charge is -2.11. The molecular weight excluding hydrogens is 310 g/mol. The predicted molar refractivity (Wildman–Crippen MR) is 85.5 cm³/mol. The lowest BCUT2D eigenvalue weighted by atomic mass is 10.1. The molecule has 1 N–H and O–H groups in total. The largest absolute Gasteiger partial charge is 0.379 e. The second-order valence-corrected chi connectivity index (χ2v) is 5.43. The number of hydrogen-bond acceptors (Lipinski definition) is 2. The molecule has 21 heavy (non-hydrogen) atoms. The fourth-order valence-electron chi connectivity index (χ4n) is 2.15. The Bertz CT molecular complexity index is 805. The highest BCUT2D eigenvalue weighted by Crippen LogP contribution is 2.28. The first-order valence-electron chi connectivity index (χ1n) is 6.36. The molecule has 0 atom stereocenters. The lowest BCUT2D eigenvalue weighted by Crippen LogP contribution is -2.03. The number of nitrogens with one attached hydrogen (secondary N) is 1. The minimum atomic E-state index is -0.293. The van der Waals surface area contributed by atoms with Gasteiger partial charge in [-0.25, -0.2) is 4.39 Å². The van der Waals surface area contributed by atoms with E-state index in [0.29, 0.717) is 22.2 Å². The van der Waals surface area contributed by atoms with Crippen molar-refractivity contribution in [1.29, 1.82) is 0 Å². The number of nitrogens with zero attached hydrogens (tertiary/aromatic N) is 1. The molecule has 2 nitrogen and oxygen atoms in total. The highest BCUT2D eigenvalue weighted by atomic mass is 35.5. The molecule has 3 aromatic rings. The molecule has 0 saturated carbocycles. The van der Waals surface area contributed by atoms with Gasteiger partial charge in [0.2, 0.25) is 0 Å². The van der Waals surface area contributed by atoms with E-state index in [1.54, 1.807) is 18.3 Å². The number of fused-ring (bicyclic) bond motifs is 1. The highest BCUT2D eigenvalue weighted by Gasteiger charge is 2.07. The third kappa shape index (κ3) is 2.94. The van der Waals surface area contributed by atoms with E-state index in [-0.39, 0.29) is 5.82 Å². The van der Waals surface area contributed by atoms with Gasteiger partial charge in [-0.1, -0.05) is 23.2 Å². The van der Waals surface area contributed by atoms with Crippen molar-refractivity contribution in [1.82, 2.24) is 4.98 Å². The Morgan fingerprint density at radius 3 is 2.81 bits per heavy atom. The van der Waals surface area contributed by atoms with Gasteiger partial charge in [-0.2, -0.15) is 0 Å². The standard InChI is InChI=1S/C16H11Cl2FN2/c17-11-3-5-14(19)10(8-11)9-21-15-6-4-13(18)12-2-1-7-20-16(12)15/h1-8,21H,9H2. The van der Waals surface area contributed by atoms with Gasteiger partial charge in [0.15, 0.2) is 0 Å². The van der Waals surface area contributed by atoms with Gasteiger partial charge in [-0.15, -0.1) is 0 Å². The maximum Gasteiger partial charge on any atom is 0.128 e. The van der Waals surface area contributed by atoms with Gasteiger partial charge in [0.25, 0.3) is 0 Å². The Morgan fingerprint density at radius 1 is 1.10 bits per heavy atom. The number of halogens is 3. The lowest BCUT2D eigenvalue weighted by molar-refractivity contribution is 0.613. The Labute approximate surface area is 131 Å². The summed E-state index contributed by atoms with van der Waals surface area (Å²) in [5.74, 6) is -0.293. The third-order valence-electron chi connectivity index (χ3n) is 3.19. The maximum absolute atomic E-state index is 13.7. The number of benzene rings is 2. The van der Waals surface area contributed by atoms with Crippen LogP contribution in [0, 0.1) is 5.82 Å². The molecule has 2 aromatic carbocycles. The van der Waals surface area contributed by atoms with E-state index < -0.39 is 0 Å². The topological polar surface area (TPSA) is 24.9 Å². The highest BCUT2D eigenvalue weighted by molar-refractivity contribution is 6.35. The third-order valence-corrected chi connectivity index (χ3v) is 3.76. The molecule has 0 fully saturated rings. The number of pyridine rings is 1. The van der Waals surface area contributed by atoms with Crippen LogP contribution >= 0.6 is 23.2 Å². The Balaban J connectivity index is 1.92. The summed E-state index contributed by atoms with van der Waals surface area (Å²) in [5, 5.41) is 5.18. The van der Waals surface area contributed by atoms with E-state index in [4.69, 9.17) is 23.2 Å². The van der Waals surface area contributed by atoms with Crippen molar-refractivity contribution in [3.05, 3.63) is 70.1 Å². The number of anilines is 1. The second kappa shape index (κ2) is 5.88. The summed E-state index contributed by atoms with van der Waals surface area (Å²) >= 11 is 12.0. The number of rotatable bonds is 3. The second-order valence-electron chi connectivity index (χ2n) is 4.58. The molecule has 0 bridgehead atoms. The molecule has 1 heterocycles. The van der Waals surface area contributed by atoms with E-state index >= 15 is 0 Å². The summed E-state index contributed by atoms with van der Waals surface area (Å²) in [5.41, 5.74) is 2.06. The molecule has 0 unspecified atom stereocenters. The molecule has 0 spiro atoms. The van der Waals surface area contributed by atoms with Crippen LogP contribution in [0.3, 0.4) is 0 Å². The predicted octanol–water partition coefficient (Wildman–Crippen LogP) is 5.29. The summed E-state index contributed by atoms with van der Waals surface area (Å²) in [6.45, 7) is 0.319. The minimum absolute atomic E-state index is 0.293. The average Bonchev–Trinajstić information content (AvgIpc) is 2.50. The van der Waals surface area contributed by atoms with Crippen molar-refractivity contribution >= 4 is 39.8 Å².